The van der Waals surface area contributed by atoms with Crippen LogP contribution in [-0.4, -0.2) is 16.4 Å². The molecule has 2 heterocycles. The van der Waals surface area contributed by atoms with Crippen molar-refractivity contribution < 1.29 is 9.53 Å². The van der Waals surface area contributed by atoms with E-state index in [0.29, 0.717) is 18.1 Å². The number of rotatable bonds is 4. The molecule has 0 radical (unpaired) electrons. The molecule has 1 aliphatic rings. The normalized spacial score (nSPS) is 15.3. The smallest absolute Gasteiger partial charge is 0.363 e. The fraction of sp³-hybridized carbons (Fsp3) is 0.0909. The minimum atomic E-state index is -0.427. The number of fused-ring (bicyclic) bond motifs is 1. The Kier molecular flexibility index (Phi) is 4.01. The van der Waals surface area contributed by atoms with Gasteiger partial charge in [-0.05, 0) is 31.2 Å². The lowest BCUT2D eigenvalue weighted by molar-refractivity contribution is -0.129. The standard InChI is InChI=1S/C22H18N2O2/c1-3-13-24-15(2)18(17-11-7-8-12-20(17)24)14-19-22(25)26-21(23-19)16-9-5-4-6-10-16/h3-12,14H,1,13H2,2H3/b19-14+. The second-order valence-electron chi connectivity index (χ2n) is 6.12. The summed E-state index contributed by atoms with van der Waals surface area (Å²) < 4.78 is 7.54. The number of ether oxygens (including phenoxy) is 1. The fourth-order valence-electron chi connectivity index (χ4n) is 3.25. The highest BCUT2D eigenvalue weighted by Crippen LogP contribution is 2.29. The van der Waals surface area contributed by atoms with Gasteiger partial charge in [0.15, 0.2) is 5.70 Å². The van der Waals surface area contributed by atoms with Crippen molar-refractivity contribution in [3.63, 3.8) is 0 Å². The van der Waals surface area contributed by atoms with Crippen LogP contribution in [0.2, 0.25) is 0 Å². The molecule has 1 aliphatic heterocycles. The van der Waals surface area contributed by atoms with Crippen LogP contribution in [0, 0.1) is 6.92 Å². The average Bonchev–Trinajstić information content (AvgIpc) is 3.16. The molecule has 0 saturated heterocycles. The number of carbonyl (C=O) groups excluding carboxylic acids is 1. The second-order valence-corrected chi connectivity index (χ2v) is 6.12. The summed E-state index contributed by atoms with van der Waals surface area (Å²) in [6.07, 6.45) is 3.68. The molecule has 2 aromatic carbocycles. The number of esters is 1. The molecule has 0 aliphatic carbocycles. The van der Waals surface area contributed by atoms with Gasteiger partial charge < -0.3 is 9.30 Å². The van der Waals surface area contributed by atoms with E-state index in [-0.39, 0.29) is 0 Å². The highest BCUT2D eigenvalue weighted by molar-refractivity contribution is 6.13. The summed E-state index contributed by atoms with van der Waals surface area (Å²) in [6.45, 7) is 6.59. The lowest BCUT2D eigenvalue weighted by atomic mass is 10.1. The predicted molar refractivity (Wildman–Crippen MR) is 104 cm³/mol. The maximum absolute atomic E-state index is 12.3. The molecule has 0 N–H and O–H groups in total. The Morgan fingerprint density at radius 2 is 1.85 bits per heavy atom. The summed E-state index contributed by atoms with van der Waals surface area (Å²) in [7, 11) is 0. The Morgan fingerprint density at radius 3 is 2.62 bits per heavy atom. The molecule has 4 heteroatoms. The van der Waals surface area contributed by atoms with Crippen LogP contribution in [0.1, 0.15) is 16.8 Å². The second kappa shape index (κ2) is 6.48. The Hall–Kier alpha value is -3.40. The van der Waals surface area contributed by atoms with Crippen molar-refractivity contribution in [2.24, 2.45) is 4.99 Å². The maximum atomic E-state index is 12.3. The van der Waals surface area contributed by atoms with Gasteiger partial charge >= 0.3 is 5.97 Å². The van der Waals surface area contributed by atoms with Crippen LogP contribution >= 0.6 is 0 Å². The first-order valence-electron chi connectivity index (χ1n) is 8.45. The molecule has 4 nitrogen and oxygen atoms in total. The number of carbonyl (C=O) groups is 1. The number of cyclic esters (lactones) is 1. The van der Waals surface area contributed by atoms with Crippen molar-refractivity contribution >= 4 is 28.8 Å². The average molecular weight is 342 g/mol. The van der Waals surface area contributed by atoms with E-state index in [1.807, 2.05) is 61.5 Å². The van der Waals surface area contributed by atoms with Crippen LogP contribution in [0.25, 0.3) is 17.0 Å². The van der Waals surface area contributed by atoms with Crippen LogP contribution in [0.5, 0.6) is 0 Å². The van der Waals surface area contributed by atoms with Gasteiger partial charge in [-0.1, -0.05) is 42.5 Å². The Balaban J connectivity index is 1.84. The summed E-state index contributed by atoms with van der Waals surface area (Å²) in [5, 5.41) is 1.08. The molecule has 0 fully saturated rings. The lowest BCUT2D eigenvalue weighted by Gasteiger charge is -2.04. The Bertz CT molecular complexity index is 1070. The van der Waals surface area contributed by atoms with Crippen molar-refractivity contribution in [1.82, 2.24) is 4.57 Å². The zero-order chi connectivity index (χ0) is 18.1. The van der Waals surface area contributed by atoms with Gasteiger partial charge in [0.1, 0.15) is 0 Å². The zero-order valence-electron chi connectivity index (χ0n) is 14.5. The number of para-hydroxylation sites is 1. The molecule has 0 atom stereocenters. The highest BCUT2D eigenvalue weighted by atomic mass is 16.6. The molecule has 0 spiro atoms. The monoisotopic (exact) mass is 342 g/mol. The van der Waals surface area contributed by atoms with E-state index < -0.39 is 5.97 Å². The molecule has 3 aromatic rings. The van der Waals surface area contributed by atoms with E-state index in [4.69, 9.17) is 4.74 Å². The van der Waals surface area contributed by atoms with Gasteiger partial charge in [-0.25, -0.2) is 9.79 Å². The largest absolute Gasteiger partial charge is 0.402 e. The predicted octanol–water partition coefficient (Wildman–Crippen LogP) is 4.48. The molecule has 0 amide bonds. The number of aliphatic imine (C=N–C) groups is 1. The highest BCUT2D eigenvalue weighted by Gasteiger charge is 2.25. The quantitative estimate of drug-likeness (QED) is 0.399. The minimum absolute atomic E-state index is 0.313. The Morgan fingerprint density at radius 1 is 1.12 bits per heavy atom. The first-order valence-corrected chi connectivity index (χ1v) is 8.45. The van der Waals surface area contributed by atoms with Gasteiger partial charge in [0, 0.05) is 34.3 Å². The van der Waals surface area contributed by atoms with Crippen LogP contribution in [0.3, 0.4) is 0 Å². The van der Waals surface area contributed by atoms with Crippen molar-refractivity contribution in [3.8, 4) is 0 Å². The van der Waals surface area contributed by atoms with E-state index >= 15 is 0 Å². The minimum Gasteiger partial charge on any atom is -0.402 e. The molecule has 128 valence electrons. The molecule has 4 rings (SSSR count). The molecular formula is C22H18N2O2. The summed E-state index contributed by atoms with van der Waals surface area (Å²) in [6, 6.07) is 17.6. The van der Waals surface area contributed by atoms with Crippen molar-refractivity contribution in [3.05, 3.63) is 89.8 Å². The lowest BCUT2D eigenvalue weighted by Crippen LogP contribution is -2.05. The first-order chi connectivity index (χ1) is 12.7. The molecule has 0 unspecified atom stereocenters. The van der Waals surface area contributed by atoms with Crippen LogP contribution in [0.4, 0.5) is 0 Å². The molecule has 0 saturated carbocycles. The number of aromatic nitrogens is 1. The van der Waals surface area contributed by atoms with E-state index in [9.17, 15) is 4.79 Å². The number of nitrogens with zero attached hydrogens (tertiary/aromatic N) is 2. The molecular weight excluding hydrogens is 324 g/mol. The van der Waals surface area contributed by atoms with E-state index in [0.717, 1.165) is 27.7 Å². The number of allylic oxidation sites excluding steroid dienone is 1. The SMILES string of the molecule is C=CCn1c(C)c(/C=C2/N=C(c3ccccc3)OC2=O)c2ccccc21. The van der Waals surface area contributed by atoms with E-state index in [1.165, 1.54) is 0 Å². The van der Waals surface area contributed by atoms with Gasteiger partial charge in [0.25, 0.3) is 0 Å². The topological polar surface area (TPSA) is 43.6 Å². The summed E-state index contributed by atoms with van der Waals surface area (Å²) >= 11 is 0. The van der Waals surface area contributed by atoms with Gasteiger partial charge in [-0.15, -0.1) is 6.58 Å². The van der Waals surface area contributed by atoms with Crippen molar-refractivity contribution in [2.75, 3.05) is 0 Å². The van der Waals surface area contributed by atoms with Gasteiger partial charge in [-0.2, -0.15) is 0 Å². The van der Waals surface area contributed by atoms with E-state index in [1.54, 1.807) is 0 Å². The molecule has 0 bridgehead atoms. The van der Waals surface area contributed by atoms with Crippen molar-refractivity contribution in [1.29, 1.82) is 0 Å². The molecule has 26 heavy (non-hydrogen) atoms. The summed E-state index contributed by atoms with van der Waals surface area (Å²) in [5.74, 6) is -0.0851. The maximum Gasteiger partial charge on any atom is 0.363 e. The van der Waals surface area contributed by atoms with Gasteiger partial charge in [-0.3, -0.25) is 0 Å². The van der Waals surface area contributed by atoms with Gasteiger partial charge in [0.2, 0.25) is 5.90 Å². The number of hydrogen-bond acceptors (Lipinski definition) is 3. The Labute approximate surface area is 151 Å². The van der Waals surface area contributed by atoms with Gasteiger partial charge in [0.05, 0.1) is 0 Å². The van der Waals surface area contributed by atoms with Crippen LogP contribution in [-0.2, 0) is 16.1 Å². The summed E-state index contributed by atoms with van der Waals surface area (Å²) in [5.41, 5.74) is 4.25. The number of benzene rings is 2. The van der Waals surface area contributed by atoms with Crippen molar-refractivity contribution in [2.45, 2.75) is 13.5 Å². The fourth-order valence-corrected chi connectivity index (χ4v) is 3.25. The van der Waals surface area contributed by atoms with Crippen LogP contribution < -0.4 is 0 Å². The third kappa shape index (κ3) is 2.65. The summed E-state index contributed by atoms with van der Waals surface area (Å²) in [4.78, 5) is 16.7. The third-order valence-electron chi connectivity index (χ3n) is 4.51. The number of hydrogen-bond donors (Lipinski definition) is 0. The first kappa shape index (κ1) is 16.1. The third-order valence-corrected chi connectivity index (χ3v) is 4.51. The molecule has 1 aromatic heterocycles. The zero-order valence-corrected chi connectivity index (χ0v) is 14.5. The van der Waals surface area contributed by atoms with Crippen LogP contribution in [0.15, 0.2) is 77.9 Å². The van der Waals surface area contributed by atoms with E-state index in [2.05, 4.69) is 28.3 Å².